The number of pyridine rings is 2. The third-order valence-corrected chi connectivity index (χ3v) is 5.49. The van der Waals surface area contributed by atoms with Crippen LogP contribution >= 0.6 is 0 Å². The number of carbonyl (C=O) groups excluding carboxylic acids is 1. The third kappa shape index (κ3) is 3.23. The van der Waals surface area contributed by atoms with Crippen molar-refractivity contribution >= 4 is 11.7 Å². The quantitative estimate of drug-likeness (QED) is 0.846. The predicted octanol–water partition coefficient (Wildman–Crippen LogP) is 2.92. The molecule has 0 bridgehead atoms. The molecular formula is C20H24N4O. The molecule has 0 aliphatic carbocycles. The Labute approximate surface area is 148 Å². The van der Waals surface area contributed by atoms with Crippen molar-refractivity contribution in [1.82, 2.24) is 14.9 Å². The lowest BCUT2D eigenvalue weighted by atomic mass is 9.79. The Morgan fingerprint density at radius 1 is 1.12 bits per heavy atom. The van der Waals surface area contributed by atoms with Crippen LogP contribution in [-0.4, -0.2) is 47.0 Å². The Hall–Kier alpha value is -2.43. The molecule has 2 aliphatic heterocycles. The molecule has 2 saturated heterocycles. The van der Waals surface area contributed by atoms with Gasteiger partial charge in [-0.2, -0.15) is 0 Å². The van der Waals surface area contributed by atoms with Gasteiger partial charge < -0.3 is 9.80 Å². The number of amides is 1. The molecule has 25 heavy (non-hydrogen) atoms. The minimum atomic E-state index is 0.110. The number of hydrogen-bond acceptors (Lipinski definition) is 4. The molecule has 5 heteroatoms. The van der Waals surface area contributed by atoms with E-state index in [4.69, 9.17) is 0 Å². The van der Waals surface area contributed by atoms with E-state index in [0.717, 1.165) is 50.5 Å². The molecule has 1 spiro atoms. The van der Waals surface area contributed by atoms with Crippen LogP contribution < -0.4 is 4.90 Å². The maximum absolute atomic E-state index is 12.8. The normalized spacial score (nSPS) is 23.2. The number of carbonyl (C=O) groups is 1. The van der Waals surface area contributed by atoms with Gasteiger partial charge in [-0.3, -0.25) is 9.78 Å². The Morgan fingerprint density at radius 3 is 2.84 bits per heavy atom. The number of nitrogens with zero attached hydrogens (tertiary/aromatic N) is 4. The molecule has 0 saturated carbocycles. The van der Waals surface area contributed by atoms with E-state index >= 15 is 0 Å². The summed E-state index contributed by atoms with van der Waals surface area (Å²) in [7, 11) is 0. The highest BCUT2D eigenvalue weighted by atomic mass is 16.2. The molecule has 4 rings (SSSR count). The minimum absolute atomic E-state index is 0.110. The first-order valence-corrected chi connectivity index (χ1v) is 9.03. The number of aryl methyl sites for hydroxylation is 1. The maximum Gasteiger partial charge on any atom is 0.255 e. The fourth-order valence-corrected chi connectivity index (χ4v) is 4.22. The standard InChI is InChI=1S/C20H24N4O/c1-16-5-2-7-18(22-16)23-12-9-20(14-23)8-4-11-24(15-20)19(25)17-6-3-10-21-13-17/h2-3,5-7,10,13H,4,8-9,11-12,14-15H2,1H3/t20-/m1/s1. The molecule has 1 atom stereocenters. The summed E-state index contributed by atoms with van der Waals surface area (Å²) < 4.78 is 0. The van der Waals surface area contributed by atoms with Gasteiger partial charge >= 0.3 is 0 Å². The number of anilines is 1. The van der Waals surface area contributed by atoms with Gasteiger partial charge in [-0.05, 0) is 50.5 Å². The zero-order valence-electron chi connectivity index (χ0n) is 14.7. The molecule has 4 heterocycles. The molecule has 2 fully saturated rings. The van der Waals surface area contributed by atoms with Gasteiger partial charge in [0.1, 0.15) is 5.82 Å². The number of piperidine rings is 1. The summed E-state index contributed by atoms with van der Waals surface area (Å²) in [5.74, 6) is 1.17. The monoisotopic (exact) mass is 336 g/mol. The molecule has 2 aliphatic rings. The molecule has 5 nitrogen and oxygen atoms in total. The summed E-state index contributed by atoms with van der Waals surface area (Å²) in [6.07, 6.45) is 6.76. The lowest BCUT2D eigenvalue weighted by molar-refractivity contribution is 0.0556. The zero-order valence-corrected chi connectivity index (χ0v) is 14.7. The lowest BCUT2D eigenvalue weighted by Crippen LogP contribution is -2.47. The Bertz CT molecular complexity index is 763. The fraction of sp³-hybridized carbons (Fsp3) is 0.450. The molecule has 0 radical (unpaired) electrons. The second kappa shape index (κ2) is 6.47. The van der Waals surface area contributed by atoms with Gasteiger partial charge in [-0.1, -0.05) is 6.07 Å². The van der Waals surface area contributed by atoms with Crippen LogP contribution in [0.15, 0.2) is 42.7 Å². The molecular weight excluding hydrogens is 312 g/mol. The Morgan fingerprint density at radius 2 is 2.04 bits per heavy atom. The molecule has 2 aromatic rings. The topological polar surface area (TPSA) is 49.3 Å². The van der Waals surface area contributed by atoms with Crippen LogP contribution in [-0.2, 0) is 0 Å². The third-order valence-electron chi connectivity index (χ3n) is 5.49. The summed E-state index contributed by atoms with van der Waals surface area (Å²) in [6, 6.07) is 9.88. The van der Waals surface area contributed by atoms with E-state index in [0.29, 0.717) is 5.56 Å². The van der Waals surface area contributed by atoms with Gasteiger partial charge in [0.15, 0.2) is 0 Å². The van der Waals surface area contributed by atoms with Crippen molar-refractivity contribution in [2.24, 2.45) is 5.41 Å². The van der Waals surface area contributed by atoms with Crippen LogP contribution in [0.1, 0.15) is 35.3 Å². The SMILES string of the molecule is Cc1cccc(N2CC[C@]3(CCCN(C(=O)c4cccnc4)C3)C2)n1. The van der Waals surface area contributed by atoms with Gasteiger partial charge in [-0.15, -0.1) is 0 Å². The van der Waals surface area contributed by atoms with E-state index in [9.17, 15) is 4.79 Å². The number of likely N-dealkylation sites (tertiary alicyclic amines) is 1. The lowest BCUT2D eigenvalue weighted by Gasteiger charge is -2.40. The van der Waals surface area contributed by atoms with Gasteiger partial charge in [0.2, 0.25) is 0 Å². The number of rotatable bonds is 2. The van der Waals surface area contributed by atoms with Crippen LogP contribution in [0.5, 0.6) is 0 Å². The van der Waals surface area contributed by atoms with Crippen molar-refractivity contribution < 1.29 is 4.79 Å². The van der Waals surface area contributed by atoms with Gasteiger partial charge in [0.05, 0.1) is 5.56 Å². The van der Waals surface area contributed by atoms with Crippen LogP contribution in [0.2, 0.25) is 0 Å². The van der Waals surface area contributed by atoms with Crippen LogP contribution in [0.3, 0.4) is 0 Å². The second-order valence-corrected chi connectivity index (χ2v) is 7.38. The predicted molar refractivity (Wildman–Crippen MR) is 97.6 cm³/mol. The summed E-state index contributed by atoms with van der Waals surface area (Å²) in [4.78, 5) is 26.0. The largest absolute Gasteiger partial charge is 0.356 e. The van der Waals surface area contributed by atoms with Crippen LogP contribution in [0, 0.1) is 12.3 Å². The average Bonchev–Trinajstić information content (AvgIpc) is 3.05. The van der Waals surface area contributed by atoms with Crippen molar-refractivity contribution in [1.29, 1.82) is 0 Å². The van der Waals surface area contributed by atoms with Crippen LogP contribution in [0.25, 0.3) is 0 Å². The van der Waals surface area contributed by atoms with Crippen molar-refractivity contribution in [2.45, 2.75) is 26.2 Å². The summed E-state index contributed by atoms with van der Waals surface area (Å²) in [5.41, 5.74) is 1.94. The minimum Gasteiger partial charge on any atom is -0.356 e. The number of aromatic nitrogens is 2. The number of hydrogen-bond donors (Lipinski definition) is 0. The van der Waals surface area contributed by atoms with Gasteiger partial charge in [-0.25, -0.2) is 4.98 Å². The molecule has 1 amide bonds. The summed E-state index contributed by atoms with van der Waals surface area (Å²) in [5, 5.41) is 0. The van der Waals surface area contributed by atoms with E-state index in [1.54, 1.807) is 12.4 Å². The first-order valence-electron chi connectivity index (χ1n) is 9.03. The molecule has 0 aromatic carbocycles. The van der Waals surface area contributed by atoms with Gasteiger partial charge in [0, 0.05) is 49.7 Å². The van der Waals surface area contributed by atoms with E-state index < -0.39 is 0 Å². The van der Waals surface area contributed by atoms with E-state index in [1.807, 2.05) is 30.0 Å². The highest BCUT2D eigenvalue weighted by Crippen LogP contribution is 2.40. The summed E-state index contributed by atoms with van der Waals surface area (Å²) in [6.45, 7) is 5.72. The van der Waals surface area contributed by atoms with Crippen molar-refractivity contribution in [3.63, 3.8) is 0 Å². The van der Waals surface area contributed by atoms with Gasteiger partial charge in [0.25, 0.3) is 5.91 Å². The first-order chi connectivity index (χ1) is 12.2. The molecule has 2 aromatic heterocycles. The molecule has 0 unspecified atom stereocenters. The van der Waals surface area contributed by atoms with Crippen LogP contribution in [0.4, 0.5) is 5.82 Å². The van der Waals surface area contributed by atoms with Crippen molar-refractivity contribution in [3.05, 3.63) is 54.0 Å². The zero-order chi connectivity index (χ0) is 17.3. The smallest absolute Gasteiger partial charge is 0.255 e. The second-order valence-electron chi connectivity index (χ2n) is 7.38. The first kappa shape index (κ1) is 16.1. The fourth-order valence-electron chi connectivity index (χ4n) is 4.22. The molecule has 0 N–H and O–H groups in total. The van der Waals surface area contributed by atoms with E-state index in [2.05, 4.69) is 27.0 Å². The highest BCUT2D eigenvalue weighted by Gasteiger charge is 2.42. The van der Waals surface area contributed by atoms with Crippen molar-refractivity contribution in [2.75, 3.05) is 31.1 Å². The van der Waals surface area contributed by atoms with E-state index in [1.165, 1.54) is 6.42 Å². The Balaban J connectivity index is 1.49. The highest BCUT2D eigenvalue weighted by molar-refractivity contribution is 5.94. The average molecular weight is 336 g/mol. The maximum atomic E-state index is 12.8. The molecule has 130 valence electrons. The van der Waals surface area contributed by atoms with E-state index in [-0.39, 0.29) is 11.3 Å². The van der Waals surface area contributed by atoms with Crippen molar-refractivity contribution in [3.8, 4) is 0 Å². The Kier molecular flexibility index (Phi) is 4.15. The summed E-state index contributed by atoms with van der Waals surface area (Å²) >= 11 is 0.